The van der Waals surface area contributed by atoms with Crippen molar-refractivity contribution in [2.45, 2.75) is 6.18 Å². The highest BCUT2D eigenvalue weighted by Crippen LogP contribution is 2.36. The summed E-state index contributed by atoms with van der Waals surface area (Å²) in [6.45, 7) is 0. The lowest BCUT2D eigenvalue weighted by Gasteiger charge is -2.06. The Morgan fingerprint density at radius 2 is 1.85 bits per heavy atom. The van der Waals surface area contributed by atoms with Crippen molar-refractivity contribution in [3.05, 3.63) is 54.0 Å². The molecule has 9 heteroatoms. The quantitative estimate of drug-likeness (QED) is 0.557. The number of hydrogen-bond donors (Lipinski definition) is 1. The topological polar surface area (TPSA) is 78.2 Å². The Balaban J connectivity index is 1.73. The average Bonchev–Trinajstić information content (AvgIpc) is 3.26. The third-order valence-corrected chi connectivity index (χ3v) is 4.90. The molecule has 0 aliphatic carbocycles. The van der Waals surface area contributed by atoms with Crippen molar-refractivity contribution in [3.63, 3.8) is 0 Å². The van der Waals surface area contributed by atoms with Crippen molar-refractivity contribution in [1.82, 2.24) is 20.4 Å². The van der Waals surface area contributed by atoms with Gasteiger partial charge in [0.05, 0.1) is 4.88 Å². The van der Waals surface area contributed by atoms with Crippen LogP contribution in [0.15, 0.2) is 42.6 Å². The number of thiophene rings is 1. The van der Waals surface area contributed by atoms with Crippen molar-refractivity contribution < 1.29 is 13.2 Å². The molecule has 1 aromatic carbocycles. The molecule has 0 unspecified atom stereocenters. The van der Waals surface area contributed by atoms with E-state index in [9.17, 15) is 13.2 Å². The Morgan fingerprint density at radius 1 is 1.04 bits per heavy atom. The van der Waals surface area contributed by atoms with Crippen LogP contribution in [0.25, 0.3) is 31.8 Å². The number of nitrogens with zero attached hydrogens (tertiary/aromatic N) is 4. The molecule has 0 saturated carbocycles. The van der Waals surface area contributed by atoms with Crippen LogP contribution in [0.4, 0.5) is 13.2 Å². The molecule has 1 N–H and O–H groups in total. The minimum Gasteiger partial charge on any atom is -0.251 e. The van der Waals surface area contributed by atoms with E-state index in [4.69, 9.17) is 5.26 Å². The zero-order chi connectivity index (χ0) is 18.3. The monoisotopic (exact) mass is 371 g/mol. The van der Waals surface area contributed by atoms with Crippen LogP contribution in [0, 0.1) is 11.3 Å². The van der Waals surface area contributed by atoms with E-state index in [0.29, 0.717) is 11.3 Å². The highest BCUT2D eigenvalue weighted by molar-refractivity contribution is 7.22. The number of nitrogens with one attached hydrogen (secondary N) is 1. The second kappa shape index (κ2) is 5.93. The van der Waals surface area contributed by atoms with Gasteiger partial charge in [-0.25, -0.2) is 0 Å². The average molecular weight is 371 g/mol. The van der Waals surface area contributed by atoms with E-state index >= 15 is 0 Å². The number of aromatic amines is 1. The predicted molar refractivity (Wildman–Crippen MR) is 90.1 cm³/mol. The van der Waals surface area contributed by atoms with E-state index in [1.807, 2.05) is 30.3 Å². The molecule has 4 aromatic rings. The van der Waals surface area contributed by atoms with Crippen molar-refractivity contribution in [3.8, 4) is 27.8 Å². The van der Waals surface area contributed by atoms with Crippen molar-refractivity contribution in [2.75, 3.05) is 0 Å². The number of benzene rings is 1. The van der Waals surface area contributed by atoms with Crippen LogP contribution in [0.3, 0.4) is 0 Å². The number of alkyl halides is 3. The summed E-state index contributed by atoms with van der Waals surface area (Å²) < 4.78 is 38.8. The fourth-order valence-corrected chi connectivity index (χ4v) is 3.63. The molecule has 0 spiro atoms. The Bertz CT molecular complexity index is 1140. The maximum absolute atomic E-state index is 12.6. The van der Waals surface area contributed by atoms with Crippen molar-refractivity contribution >= 4 is 21.4 Å². The summed E-state index contributed by atoms with van der Waals surface area (Å²) >= 11 is 1.43. The molecule has 0 radical (unpaired) electrons. The molecule has 26 heavy (non-hydrogen) atoms. The fourth-order valence-electron chi connectivity index (χ4n) is 2.54. The maximum atomic E-state index is 12.6. The van der Waals surface area contributed by atoms with Crippen LogP contribution < -0.4 is 0 Å². The van der Waals surface area contributed by atoms with Gasteiger partial charge >= 0.3 is 6.18 Å². The zero-order valence-electron chi connectivity index (χ0n) is 12.9. The molecule has 5 nitrogen and oxygen atoms in total. The first kappa shape index (κ1) is 16.2. The summed E-state index contributed by atoms with van der Waals surface area (Å²) in [6.07, 6.45) is -3.24. The van der Waals surface area contributed by atoms with Gasteiger partial charge in [-0.2, -0.15) is 28.7 Å². The van der Waals surface area contributed by atoms with Crippen molar-refractivity contribution in [2.24, 2.45) is 0 Å². The van der Waals surface area contributed by atoms with Crippen molar-refractivity contribution in [1.29, 1.82) is 5.26 Å². The molecular formula is C17H8F3N5S. The molecule has 0 aliphatic heterocycles. The Hall–Kier alpha value is -3.25. The first-order chi connectivity index (χ1) is 12.5. The molecule has 3 aromatic heterocycles. The van der Waals surface area contributed by atoms with Gasteiger partial charge in [0.25, 0.3) is 0 Å². The SMILES string of the molecule is N#Cc1n[nH]nc1-c1cc2ccc(-c3ccc(C(F)(F)F)nc3)cc2s1. The van der Waals surface area contributed by atoms with Gasteiger partial charge in [0.1, 0.15) is 17.5 Å². The van der Waals surface area contributed by atoms with Gasteiger partial charge in [-0.15, -0.1) is 16.4 Å². The summed E-state index contributed by atoms with van der Waals surface area (Å²) in [5, 5.41) is 20.2. The van der Waals surface area contributed by atoms with E-state index in [0.717, 1.165) is 26.6 Å². The molecule has 0 aliphatic rings. The van der Waals surface area contributed by atoms with E-state index in [-0.39, 0.29) is 5.69 Å². The first-order valence-electron chi connectivity index (χ1n) is 7.34. The van der Waals surface area contributed by atoms with E-state index in [2.05, 4.69) is 20.4 Å². The standard InChI is InChI=1S/C17H8F3N5S/c18-17(19,20)15-4-3-11(8-22-15)9-1-2-10-6-14(26-13(10)5-9)16-12(7-21)23-25-24-16/h1-6,8H,(H,23,24,25). The van der Waals surface area contributed by atoms with Crippen LogP contribution in [0.5, 0.6) is 0 Å². The molecule has 0 saturated heterocycles. The van der Waals surface area contributed by atoms with E-state index in [1.165, 1.54) is 23.6 Å². The maximum Gasteiger partial charge on any atom is 0.433 e. The van der Waals surface area contributed by atoms with Gasteiger partial charge < -0.3 is 0 Å². The number of hydrogen-bond acceptors (Lipinski definition) is 5. The number of halogens is 3. The zero-order valence-corrected chi connectivity index (χ0v) is 13.7. The molecule has 0 fully saturated rings. The van der Waals surface area contributed by atoms with Crippen LogP contribution in [0.2, 0.25) is 0 Å². The second-order valence-electron chi connectivity index (χ2n) is 5.43. The van der Waals surface area contributed by atoms with E-state index in [1.54, 1.807) is 0 Å². The van der Waals surface area contributed by atoms with Crippen LogP contribution in [0.1, 0.15) is 11.4 Å². The lowest BCUT2D eigenvalue weighted by Crippen LogP contribution is -2.07. The fraction of sp³-hybridized carbons (Fsp3) is 0.0588. The largest absolute Gasteiger partial charge is 0.433 e. The smallest absolute Gasteiger partial charge is 0.251 e. The first-order valence-corrected chi connectivity index (χ1v) is 8.16. The molecule has 0 atom stereocenters. The summed E-state index contributed by atoms with van der Waals surface area (Å²) in [7, 11) is 0. The Kier molecular flexibility index (Phi) is 3.70. The number of pyridine rings is 1. The summed E-state index contributed by atoms with van der Waals surface area (Å²) in [4.78, 5) is 4.28. The third kappa shape index (κ3) is 2.80. The Morgan fingerprint density at radius 3 is 2.54 bits per heavy atom. The van der Waals surface area contributed by atoms with Gasteiger partial charge in [-0.1, -0.05) is 18.2 Å². The number of rotatable bonds is 2. The summed E-state index contributed by atoms with van der Waals surface area (Å²) in [5.74, 6) is 0. The molecular weight excluding hydrogens is 363 g/mol. The van der Waals surface area contributed by atoms with E-state index < -0.39 is 11.9 Å². The van der Waals surface area contributed by atoms with Gasteiger partial charge in [0, 0.05) is 16.5 Å². The summed E-state index contributed by atoms with van der Waals surface area (Å²) in [6, 6.07) is 11.8. The van der Waals surface area contributed by atoms with Crippen LogP contribution in [-0.2, 0) is 6.18 Å². The lowest BCUT2D eigenvalue weighted by molar-refractivity contribution is -0.141. The number of H-pyrrole nitrogens is 1. The summed E-state index contributed by atoms with van der Waals surface area (Å²) in [5.41, 5.74) is 1.12. The number of aromatic nitrogens is 4. The lowest BCUT2D eigenvalue weighted by atomic mass is 10.1. The molecule has 128 valence electrons. The van der Waals surface area contributed by atoms with Gasteiger partial charge in [-0.05, 0) is 29.1 Å². The van der Waals surface area contributed by atoms with Gasteiger partial charge in [-0.3, -0.25) is 4.98 Å². The predicted octanol–water partition coefficient (Wildman–Crippen LogP) is 4.64. The molecule has 0 bridgehead atoms. The van der Waals surface area contributed by atoms with Gasteiger partial charge in [0.15, 0.2) is 5.69 Å². The molecule has 4 rings (SSSR count). The molecule has 3 heterocycles. The second-order valence-corrected chi connectivity index (χ2v) is 6.51. The Labute approximate surface area is 148 Å². The minimum atomic E-state index is -4.46. The third-order valence-electron chi connectivity index (χ3n) is 3.79. The normalized spacial score (nSPS) is 11.6. The van der Waals surface area contributed by atoms with Gasteiger partial charge in [0.2, 0.25) is 0 Å². The number of nitriles is 1. The molecule has 0 amide bonds. The minimum absolute atomic E-state index is 0.212. The van der Waals surface area contributed by atoms with Crippen LogP contribution >= 0.6 is 11.3 Å². The number of fused-ring (bicyclic) bond motifs is 1. The van der Waals surface area contributed by atoms with Crippen LogP contribution in [-0.4, -0.2) is 20.4 Å². The highest BCUT2D eigenvalue weighted by atomic mass is 32.1. The highest BCUT2D eigenvalue weighted by Gasteiger charge is 2.32.